The Morgan fingerprint density at radius 1 is 1.24 bits per heavy atom. The van der Waals surface area contributed by atoms with E-state index in [4.69, 9.17) is 9.15 Å². The van der Waals surface area contributed by atoms with Crippen molar-refractivity contribution in [2.45, 2.75) is 45.1 Å². The summed E-state index contributed by atoms with van der Waals surface area (Å²) in [5.41, 5.74) is 3.92. The van der Waals surface area contributed by atoms with Crippen LogP contribution in [0, 0.1) is 6.92 Å². The van der Waals surface area contributed by atoms with Crippen LogP contribution in [-0.4, -0.2) is 40.8 Å². The molecule has 2 aromatic rings. The molecule has 1 aliphatic heterocycles. The van der Waals surface area contributed by atoms with Gasteiger partial charge in [-0.2, -0.15) is 0 Å². The topological polar surface area (TPSA) is 68.5 Å². The summed E-state index contributed by atoms with van der Waals surface area (Å²) in [4.78, 5) is 14.7. The molecule has 25 heavy (non-hydrogen) atoms. The molecule has 2 heterocycles. The highest BCUT2D eigenvalue weighted by atomic mass is 16.5. The first-order chi connectivity index (χ1) is 12.2. The predicted octanol–water partition coefficient (Wildman–Crippen LogP) is 2.40. The van der Waals surface area contributed by atoms with Gasteiger partial charge in [-0.25, -0.2) is 0 Å². The van der Waals surface area contributed by atoms with Crippen LogP contribution in [0.2, 0.25) is 0 Å². The number of hydrogen-bond donors (Lipinski definition) is 0. The fourth-order valence-electron chi connectivity index (χ4n) is 3.73. The van der Waals surface area contributed by atoms with Crippen LogP contribution in [0.4, 0.5) is 0 Å². The number of aromatic nitrogens is 2. The highest BCUT2D eigenvalue weighted by molar-refractivity contribution is 5.79. The summed E-state index contributed by atoms with van der Waals surface area (Å²) in [6.45, 7) is 3.24. The van der Waals surface area contributed by atoms with Crippen molar-refractivity contribution >= 4 is 5.91 Å². The first-order valence-corrected chi connectivity index (χ1v) is 8.98. The van der Waals surface area contributed by atoms with E-state index < -0.39 is 0 Å². The van der Waals surface area contributed by atoms with Gasteiger partial charge in [0, 0.05) is 13.5 Å². The number of benzene rings is 1. The van der Waals surface area contributed by atoms with E-state index in [0.29, 0.717) is 38.0 Å². The summed E-state index contributed by atoms with van der Waals surface area (Å²) in [7, 11) is 0. The van der Waals surface area contributed by atoms with E-state index in [2.05, 4.69) is 28.4 Å². The average Bonchev–Trinajstić information content (AvgIpc) is 3.08. The molecule has 1 saturated heterocycles. The number of carbonyl (C=O) groups is 1. The van der Waals surface area contributed by atoms with Gasteiger partial charge in [0.15, 0.2) is 0 Å². The van der Waals surface area contributed by atoms with Crippen LogP contribution in [0.5, 0.6) is 0 Å². The second kappa shape index (κ2) is 6.96. The largest absolute Gasteiger partial charge is 0.423 e. The van der Waals surface area contributed by atoms with Crippen LogP contribution >= 0.6 is 0 Å². The maximum Gasteiger partial charge on any atom is 0.241 e. The van der Waals surface area contributed by atoms with Gasteiger partial charge in [-0.05, 0) is 42.4 Å². The van der Waals surface area contributed by atoms with E-state index in [1.54, 1.807) is 6.92 Å². The molecule has 0 radical (unpaired) electrons. The highest BCUT2D eigenvalue weighted by Gasteiger charge is 2.32. The normalized spacial score (nSPS) is 20.4. The molecular weight excluding hydrogens is 318 g/mol. The lowest BCUT2D eigenvalue weighted by atomic mass is 9.90. The molecular formula is C19H23N3O3. The molecule has 1 atom stereocenters. The van der Waals surface area contributed by atoms with E-state index in [9.17, 15) is 4.79 Å². The Hall–Kier alpha value is -2.21. The number of fused-ring (bicyclic) bond motifs is 1. The Bertz CT molecular complexity index is 771. The second-order valence-corrected chi connectivity index (χ2v) is 6.82. The Labute approximate surface area is 147 Å². The summed E-state index contributed by atoms with van der Waals surface area (Å²) < 4.78 is 11.1. The summed E-state index contributed by atoms with van der Waals surface area (Å²) in [6, 6.07) is 6.20. The lowest BCUT2D eigenvalue weighted by Crippen LogP contribution is -2.44. The number of ether oxygens (including phenoxy) is 1. The van der Waals surface area contributed by atoms with Crippen LogP contribution in [0.15, 0.2) is 22.6 Å². The lowest BCUT2D eigenvalue weighted by molar-refractivity contribution is -0.140. The Kier molecular flexibility index (Phi) is 4.53. The van der Waals surface area contributed by atoms with E-state index >= 15 is 0 Å². The molecule has 132 valence electrons. The van der Waals surface area contributed by atoms with Gasteiger partial charge in [0.25, 0.3) is 0 Å². The van der Waals surface area contributed by atoms with Crippen LogP contribution in [0.3, 0.4) is 0 Å². The summed E-state index contributed by atoms with van der Waals surface area (Å²) in [5.74, 6) is 1.04. The van der Waals surface area contributed by atoms with Crippen molar-refractivity contribution < 1.29 is 13.9 Å². The predicted molar refractivity (Wildman–Crippen MR) is 91.1 cm³/mol. The number of carbonyl (C=O) groups excluding carboxylic acids is 1. The van der Waals surface area contributed by atoms with Crippen LogP contribution in [0.1, 0.15) is 47.4 Å². The molecule has 0 unspecified atom stereocenters. The molecule has 0 saturated carbocycles. The van der Waals surface area contributed by atoms with Gasteiger partial charge in [-0.15, -0.1) is 10.2 Å². The lowest BCUT2D eigenvalue weighted by Gasteiger charge is -2.33. The van der Waals surface area contributed by atoms with E-state index in [-0.39, 0.29) is 11.9 Å². The molecule has 0 spiro atoms. The molecule has 1 aromatic carbocycles. The summed E-state index contributed by atoms with van der Waals surface area (Å²) in [5, 5.41) is 7.95. The van der Waals surface area contributed by atoms with E-state index in [1.807, 2.05) is 4.90 Å². The maximum absolute atomic E-state index is 12.9. The van der Waals surface area contributed by atoms with Gasteiger partial charge in [0.2, 0.25) is 17.7 Å². The number of aryl methyl sites for hydroxylation is 3. The number of rotatable bonds is 3. The first-order valence-electron chi connectivity index (χ1n) is 8.98. The summed E-state index contributed by atoms with van der Waals surface area (Å²) in [6.07, 6.45) is 5.19. The van der Waals surface area contributed by atoms with Crippen LogP contribution < -0.4 is 0 Å². The van der Waals surface area contributed by atoms with Crippen molar-refractivity contribution in [2.75, 3.05) is 19.8 Å². The smallest absolute Gasteiger partial charge is 0.241 e. The Morgan fingerprint density at radius 3 is 2.88 bits per heavy atom. The van der Waals surface area contributed by atoms with E-state index in [0.717, 1.165) is 18.4 Å². The molecule has 6 heteroatoms. The molecule has 1 aliphatic carbocycles. The molecule has 6 nitrogen and oxygen atoms in total. The zero-order chi connectivity index (χ0) is 17.2. The van der Waals surface area contributed by atoms with E-state index in [1.165, 1.54) is 24.0 Å². The van der Waals surface area contributed by atoms with Gasteiger partial charge in [-0.1, -0.05) is 18.2 Å². The fourth-order valence-corrected chi connectivity index (χ4v) is 3.73. The van der Waals surface area contributed by atoms with Crippen molar-refractivity contribution in [3.63, 3.8) is 0 Å². The minimum absolute atomic E-state index is 0.0833. The molecule has 1 fully saturated rings. The van der Waals surface area contributed by atoms with Crippen LogP contribution in [0.25, 0.3) is 0 Å². The van der Waals surface area contributed by atoms with Crippen molar-refractivity contribution in [1.82, 2.24) is 15.1 Å². The maximum atomic E-state index is 12.9. The van der Waals surface area contributed by atoms with Gasteiger partial charge in [-0.3, -0.25) is 4.79 Å². The number of nitrogens with zero attached hydrogens (tertiary/aromatic N) is 3. The molecule has 1 amide bonds. The SMILES string of the molecule is Cc1nnc([C@@H]2COCCN2C(=O)Cc2ccc3c(c2)CCCC3)o1. The van der Waals surface area contributed by atoms with Crippen LogP contribution in [-0.2, 0) is 28.8 Å². The Morgan fingerprint density at radius 2 is 2.08 bits per heavy atom. The highest BCUT2D eigenvalue weighted by Crippen LogP contribution is 2.26. The summed E-state index contributed by atoms with van der Waals surface area (Å²) >= 11 is 0. The van der Waals surface area contributed by atoms with Crippen molar-refractivity contribution in [2.24, 2.45) is 0 Å². The monoisotopic (exact) mass is 341 g/mol. The van der Waals surface area contributed by atoms with Gasteiger partial charge < -0.3 is 14.1 Å². The minimum Gasteiger partial charge on any atom is -0.423 e. The van der Waals surface area contributed by atoms with Crippen molar-refractivity contribution in [3.8, 4) is 0 Å². The quantitative estimate of drug-likeness (QED) is 0.857. The van der Waals surface area contributed by atoms with Gasteiger partial charge >= 0.3 is 0 Å². The number of hydrogen-bond acceptors (Lipinski definition) is 5. The second-order valence-electron chi connectivity index (χ2n) is 6.82. The third-order valence-corrected chi connectivity index (χ3v) is 5.04. The molecule has 2 aliphatic rings. The van der Waals surface area contributed by atoms with Crippen molar-refractivity contribution in [3.05, 3.63) is 46.7 Å². The zero-order valence-electron chi connectivity index (χ0n) is 14.5. The average molecular weight is 341 g/mol. The minimum atomic E-state index is -0.292. The first kappa shape index (κ1) is 16.3. The third kappa shape index (κ3) is 3.44. The zero-order valence-corrected chi connectivity index (χ0v) is 14.5. The molecule has 4 rings (SSSR count). The van der Waals surface area contributed by atoms with Gasteiger partial charge in [0.1, 0.15) is 6.04 Å². The number of amides is 1. The molecule has 1 aromatic heterocycles. The fraction of sp³-hybridized carbons (Fsp3) is 0.526. The number of morpholine rings is 1. The molecule has 0 N–H and O–H groups in total. The Balaban J connectivity index is 1.51. The third-order valence-electron chi connectivity index (χ3n) is 5.04. The standard InChI is InChI=1S/C19H23N3O3/c1-13-20-21-19(25-13)17-12-24-9-8-22(17)18(23)11-14-6-7-15-4-2-3-5-16(15)10-14/h6-7,10,17H,2-5,8-9,11-12H2,1H3/t17-/m0/s1. The molecule has 0 bridgehead atoms. The van der Waals surface area contributed by atoms with Crippen molar-refractivity contribution in [1.29, 1.82) is 0 Å². The van der Waals surface area contributed by atoms with Gasteiger partial charge in [0.05, 0.1) is 19.6 Å².